The van der Waals surface area contributed by atoms with Gasteiger partial charge < -0.3 is 14.8 Å². The second-order valence-corrected chi connectivity index (χ2v) is 6.83. The molecule has 0 amide bonds. The van der Waals surface area contributed by atoms with E-state index in [1.165, 1.54) is 0 Å². The highest BCUT2D eigenvalue weighted by Gasteiger charge is 2.24. The largest absolute Gasteiger partial charge is 0.459 e. The fourth-order valence-electron chi connectivity index (χ4n) is 3.14. The Morgan fingerprint density at radius 3 is 2.35 bits per heavy atom. The van der Waals surface area contributed by atoms with Crippen molar-refractivity contribution in [2.24, 2.45) is 0 Å². The molecule has 2 atom stereocenters. The standard InChI is InChI=1S/C21H23NO3S/c23-20(16-9-3-1-4-10-16)24-19-14-8-7-11-17(15-19)22-21(26)25-18-12-5-2-6-13-18/h1-6,9-10,12-13,17,19H,7-8,11,14-15H2,(H,22,26)/t17-,19-/m1/s1. The van der Waals surface area contributed by atoms with Crippen molar-refractivity contribution < 1.29 is 14.3 Å². The summed E-state index contributed by atoms with van der Waals surface area (Å²) in [7, 11) is 0. The molecule has 0 saturated heterocycles. The topological polar surface area (TPSA) is 47.6 Å². The molecule has 1 fully saturated rings. The van der Waals surface area contributed by atoms with Gasteiger partial charge in [0.25, 0.3) is 5.17 Å². The molecule has 136 valence electrons. The maximum atomic E-state index is 12.3. The highest BCUT2D eigenvalue weighted by atomic mass is 32.1. The molecule has 2 aromatic carbocycles. The Labute approximate surface area is 159 Å². The Balaban J connectivity index is 1.53. The molecule has 0 spiro atoms. The Morgan fingerprint density at radius 2 is 1.62 bits per heavy atom. The zero-order valence-corrected chi connectivity index (χ0v) is 15.4. The van der Waals surface area contributed by atoms with Crippen LogP contribution in [0.15, 0.2) is 60.7 Å². The van der Waals surface area contributed by atoms with Crippen LogP contribution >= 0.6 is 12.2 Å². The molecule has 0 aromatic heterocycles. The molecule has 0 aliphatic heterocycles. The first kappa shape index (κ1) is 18.4. The molecule has 5 heteroatoms. The zero-order chi connectivity index (χ0) is 18.2. The monoisotopic (exact) mass is 369 g/mol. The van der Waals surface area contributed by atoms with Crippen LogP contribution in [-0.4, -0.2) is 23.3 Å². The molecule has 4 nitrogen and oxygen atoms in total. The van der Waals surface area contributed by atoms with Gasteiger partial charge in [0.1, 0.15) is 11.9 Å². The highest BCUT2D eigenvalue weighted by molar-refractivity contribution is 7.80. The summed E-state index contributed by atoms with van der Waals surface area (Å²) in [6, 6.07) is 18.7. The SMILES string of the molecule is O=C(O[C@@H]1CCCC[C@@H](NC(=S)Oc2ccccc2)C1)c1ccccc1. The van der Waals surface area contributed by atoms with Gasteiger partial charge in [-0.05, 0) is 55.7 Å². The molecule has 2 aromatic rings. The van der Waals surface area contributed by atoms with Gasteiger partial charge in [0.05, 0.1) is 5.56 Å². The van der Waals surface area contributed by atoms with Crippen molar-refractivity contribution in [3.8, 4) is 5.75 Å². The van der Waals surface area contributed by atoms with Crippen molar-refractivity contribution >= 4 is 23.4 Å². The van der Waals surface area contributed by atoms with E-state index in [-0.39, 0.29) is 18.1 Å². The third-order valence-corrected chi connectivity index (χ3v) is 4.64. The van der Waals surface area contributed by atoms with Crippen molar-refractivity contribution in [3.05, 3.63) is 66.2 Å². The summed E-state index contributed by atoms with van der Waals surface area (Å²) in [6.07, 6.45) is 4.60. The minimum Gasteiger partial charge on any atom is -0.459 e. The minimum atomic E-state index is -0.264. The quantitative estimate of drug-likeness (QED) is 0.488. The van der Waals surface area contributed by atoms with Crippen LogP contribution in [0.1, 0.15) is 42.5 Å². The second-order valence-electron chi connectivity index (χ2n) is 6.46. The summed E-state index contributed by atoms with van der Waals surface area (Å²) in [6.45, 7) is 0. The van der Waals surface area contributed by atoms with Crippen molar-refractivity contribution in [1.82, 2.24) is 5.32 Å². The van der Waals surface area contributed by atoms with Crippen LogP contribution in [-0.2, 0) is 4.74 Å². The molecular formula is C21H23NO3S. The first-order valence-electron chi connectivity index (χ1n) is 9.00. The number of benzene rings is 2. The van der Waals surface area contributed by atoms with E-state index >= 15 is 0 Å². The van der Waals surface area contributed by atoms with Gasteiger partial charge >= 0.3 is 5.97 Å². The smallest absolute Gasteiger partial charge is 0.338 e. The van der Waals surface area contributed by atoms with Gasteiger partial charge in [-0.1, -0.05) is 42.8 Å². The van der Waals surface area contributed by atoms with Gasteiger partial charge in [-0.2, -0.15) is 0 Å². The molecule has 0 radical (unpaired) electrons. The number of hydrogen-bond acceptors (Lipinski definition) is 4. The van der Waals surface area contributed by atoms with Crippen molar-refractivity contribution in [3.63, 3.8) is 0 Å². The normalized spacial score (nSPS) is 19.8. The average molecular weight is 369 g/mol. The van der Waals surface area contributed by atoms with E-state index in [1.807, 2.05) is 48.5 Å². The number of ether oxygens (including phenoxy) is 2. The predicted octanol–water partition coefficient (Wildman–Crippen LogP) is 4.50. The van der Waals surface area contributed by atoms with Crippen LogP contribution in [0.25, 0.3) is 0 Å². The number of esters is 1. The molecule has 0 unspecified atom stereocenters. The van der Waals surface area contributed by atoms with E-state index in [4.69, 9.17) is 21.7 Å². The first-order chi connectivity index (χ1) is 12.7. The van der Waals surface area contributed by atoms with Crippen molar-refractivity contribution in [2.75, 3.05) is 0 Å². The van der Waals surface area contributed by atoms with Crippen LogP contribution in [0, 0.1) is 0 Å². The van der Waals surface area contributed by atoms with E-state index in [0.717, 1.165) is 32.1 Å². The molecule has 1 aliphatic carbocycles. The summed E-state index contributed by atoms with van der Waals surface area (Å²) in [5.74, 6) is 0.449. The summed E-state index contributed by atoms with van der Waals surface area (Å²) in [5, 5.41) is 3.63. The number of hydrogen-bond donors (Lipinski definition) is 1. The fraction of sp³-hybridized carbons (Fsp3) is 0.333. The summed E-state index contributed by atoms with van der Waals surface area (Å²) < 4.78 is 11.4. The average Bonchev–Trinajstić information content (AvgIpc) is 2.88. The molecule has 26 heavy (non-hydrogen) atoms. The third-order valence-electron chi connectivity index (χ3n) is 4.44. The number of carbonyl (C=O) groups excluding carboxylic acids is 1. The lowest BCUT2D eigenvalue weighted by molar-refractivity contribution is 0.0254. The predicted molar refractivity (Wildman–Crippen MR) is 105 cm³/mol. The maximum Gasteiger partial charge on any atom is 0.338 e. The van der Waals surface area contributed by atoms with Gasteiger partial charge in [-0.3, -0.25) is 0 Å². The van der Waals surface area contributed by atoms with E-state index in [2.05, 4.69) is 5.32 Å². The Bertz CT molecular complexity index is 721. The van der Waals surface area contributed by atoms with Crippen LogP contribution < -0.4 is 10.1 Å². The lowest BCUT2D eigenvalue weighted by Gasteiger charge is -2.22. The first-order valence-corrected chi connectivity index (χ1v) is 9.41. The molecule has 0 heterocycles. The van der Waals surface area contributed by atoms with Gasteiger partial charge in [0, 0.05) is 12.5 Å². The minimum absolute atomic E-state index is 0.109. The van der Waals surface area contributed by atoms with Crippen LogP contribution in [0.4, 0.5) is 0 Å². The summed E-state index contributed by atoms with van der Waals surface area (Å²) >= 11 is 5.32. The molecule has 1 aliphatic rings. The Hall–Kier alpha value is -2.40. The number of nitrogens with one attached hydrogen (secondary N) is 1. The van der Waals surface area contributed by atoms with Crippen molar-refractivity contribution in [1.29, 1.82) is 0 Å². The van der Waals surface area contributed by atoms with Gasteiger partial charge in [-0.25, -0.2) is 4.79 Å². The maximum absolute atomic E-state index is 12.3. The van der Waals surface area contributed by atoms with Gasteiger partial charge in [0.2, 0.25) is 0 Å². The van der Waals surface area contributed by atoms with Crippen LogP contribution in [0.2, 0.25) is 0 Å². The number of carbonyl (C=O) groups is 1. The van der Waals surface area contributed by atoms with E-state index in [0.29, 0.717) is 16.5 Å². The highest BCUT2D eigenvalue weighted by Crippen LogP contribution is 2.22. The molecule has 3 rings (SSSR count). The third kappa shape index (κ3) is 5.56. The number of para-hydroxylation sites is 1. The fourth-order valence-corrected chi connectivity index (χ4v) is 3.40. The van der Waals surface area contributed by atoms with Gasteiger partial charge in [0.15, 0.2) is 0 Å². The number of thiocarbonyl (C=S) groups is 1. The van der Waals surface area contributed by atoms with E-state index in [1.54, 1.807) is 12.1 Å². The van der Waals surface area contributed by atoms with Crippen LogP contribution in [0.5, 0.6) is 5.75 Å². The van der Waals surface area contributed by atoms with E-state index < -0.39 is 0 Å². The molecule has 1 N–H and O–H groups in total. The van der Waals surface area contributed by atoms with Gasteiger partial charge in [-0.15, -0.1) is 0 Å². The molecular weight excluding hydrogens is 346 g/mol. The zero-order valence-electron chi connectivity index (χ0n) is 14.6. The number of rotatable bonds is 4. The summed E-state index contributed by atoms with van der Waals surface area (Å²) in [5.41, 5.74) is 0.587. The van der Waals surface area contributed by atoms with E-state index in [9.17, 15) is 4.79 Å². The van der Waals surface area contributed by atoms with Crippen LogP contribution in [0.3, 0.4) is 0 Å². The summed E-state index contributed by atoms with van der Waals surface area (Å²) in [4.78, 5) is 12.3. The lowest BCUT2D eigenvalue weighted by atomic mass is 10.1. The Kier molecular flexibility index (Phi) is 6.61. The molecule has 0 bridgehead atoms. The van der Waals surface area contributed by atoms with Crippen molar-refractivity contribution in [2.45, 2.75) is 44.2 Å². The Morgan fingerprint density at radius 1 is 0.962 bits per heavy atom. The second kappa shape index (κ2) is 9.34. The lowest BCUT2D eigenvalue weighted by Crippen LogP contribution is -2.38. The molecule has 1 saturated carbocycles.